The summed E-state index contributed by atoms with van der Waals surface area (Å²) in [4.78, 5) is 33.7. The molecule has 1 aromatic carbocycles. The second kappa shape index (κ2) is 8.48. The lowest BCUT2D eigenvalue weighted by molar-refractivity contribution is -0.120. The van der Waals surface area contributed by atoms with Gasteiger partial charge in [-0.3, -0.25) is 9.59 Å². The molecule has 1 aliphatic heterocycles. The highest BCUT2D eigenvalue weighted by molar-refractivity contribution is 5.92. The summed E-state index contributed by atoms with van der Waals surface area (Å²) in [6.45, 7) is 1.55. The first-order chi connectivity index (χ1) is 13.1. The summed E-state index contributed by atoms with van der Waals surface area (Å²) in [7, 11) is 2.95. The summed E-state index contributed by atoms with van der Waals surface area (Å²) in [6.07, 6.45) is 2.30. The van der Waals surface area contributed by atoms with Gasteiger partial charge in [-0.1, -0.05) is 0 Å². The molecule has 142 valence electrons. The number of nitrogens with one attached hydrogen (secondary N) is 1. The van der Waals surface area contributed by atoms with E-state index in [4.69, 9.17) is 9.47 Å². The SMILES string of the molecule is COc1cc(NC(=O)C2CCN(c3ccc(C=O)cc3)CC2)nc(OC)n1. The smallest absolute Gasteiger partial charge is 0.321 e. The number of amides is 1. The average molecular weight is 370 g/mol. The maximum Gasteiger partial charge on any atom is 0.321 e. The number of anilines is 2. The van der Waals surface area contributed by atoms with E-state index in [0.717, 1.165) is 37.9 Å². The first-order valence-electron chi connectivity index (χ1n) is 8.71. The summed E-state index contributed by atoms with van der Waals surface area (Å²) in [6, 6.07) is 9.17. The van der Waals surface area contributed by atoms with Crippen LogP contribution in [0.25, 0.3) is 0 Å². The summed E-state index contributed by atoms with van der Waals surface area (Å²) >= 11 is 0. The van der Waals surface area contributed by atoms with Crippen molar-refractivity contribution in [2.45, 2.75) is 12.8 Å². The van der Waals surface area contributed by atoms with Gasteiger partial charge in [-0.15, -0.1) is 0 Å². The number of carbonyl (C=O) groups excluding carboxylic acids is 2. The molecule has 8 heteroatoms. The zero-order valence-electron chi connectivity index (χ0n) is 15.3. The molecule has 3 rings (SSSR count). The van der Waals surface area contributed by atoms with E-state index < -0.39 is 0 Å². The van der Waals surface area contributed by atoms with E-state index in [2.05, 4.69) is 20.2 Å². The normalized spacial score (nSPS) is 14.5. The van der Waals surface area contributed by atoms with Crippen LogP contribution in [0.5, 0.6) is 11.9 Å². The maximum atomic E-state index is 12.6. The van der Waals surface area contributed by atoms with E-state index in [1.807, 2.05) is 12.1 Å². The lowest BCUT2D eigenvalue weighted by Crippen LogP contribution is -2.38. The molecule has 0 saturated carbocycles. The molecule has 8 nitrogen and oxygen atoms in total. The van der Waals surface area contributed by atoms with Crippen molar-refractivity contribution in [1.82, 2.24) is 9.97 Å². The quantitative estimate of drug-likeness (QED) is 0.779. The van der Waals surface area contributed by atoms with E-state index in [-0.39, 0.29) is 17.8 Å². The summed E-state index contributed by atoms with van der Waals surface area (Å²) in [5.41, 5.74) is 1.72. The third kappa shape index (κ3) is 4.52. The third-order valence-corrected chi connectivity index (χ3v) is 4.59. The van der Waals surface area contributed by atoms with Gasteiger partial charge in [-0.25, -0.2) is 0 Å². The van der Waals surface area contributed by atoms with Crippen molar-refractivity contribution >= 4 is 23.7 Å². The van der Waals surface area contributed by atoms with Gasteiger partial charge in [0, 0.05) is 36.3 Å². The number of carbonyl (C=O) groups is 2. The molecule has 0 atom stereocenters. The molecule has 27 heavy (non-hydrogen) atoms. The molecule has 1 saturated heterocycles. The average Bonchev–Trinajstić information content (AvgIpc) is 2.73. The van der Waals surface area contributed by atoms with Gasteiger partial charge in [0.1, 0.15) is 12.1 Å². The Balaban J connectivity index is 1.59. The number of methoxy groups -OCH3 is 2. The molecule has 2 heterocycles. The molecule has 0 aliphatic carbocycles. The molecule has 2 aromatic rings. The van der Waals surface area contributed by atoms with Crippen LogP contribution in [0.15, 0.2) is 30.3 Å². The van der Waals surface area contributed by atoms with Gasteiger partial charge in [-0.05, 0) is 37.1 Å². The predicted octanol–water partition coefficient (Wildman–Crippen LogP) is 2.16. The molecular formula is C19H22N4O4. The Labute approximate surface area is 157 Å². The number of hydrogen-bond acceptors (Lipinski definition) is 7. The first-order valence-corrected chi connectivity index (χ1v) is 8.71. The van der Waals surface area contributed by atoms with E-state index in [1.165, 1.54) is 14.2 Å². The summed E-state index contributed by atoms with van der Waals surface area (Å²) < 4.78 is 10.1. The van der Waals surface area contributed by atoms with Crippen molar-refractivity contribution in [3.63, 3.8) is 0 Å². The molecule has 1 aromatic heterocycles. The van der Waals surface area contributed by atoms with E-state index >= 15 is 0 Å². The highest BCUT2D eigenvalue weighted by Crippen LogP contribution is 2.25. The summed E-state index contributed by atoms with van der Waals surface area (Å²) in [5.74, 6) is 0.512. The molecule has 0 unspecified atom stereocenters. The molecule has 1 amide bonds. The van der Waals surface area contributed by atoms with Crippen LogP contribution in [-0.2, 0) is 4.79 Å². The second-order valence-corrected chi connectivity index (χ2v) is 6.24. The number of hydrogen-bond donors (Lipinski definition) is 1. The van der Waals surface area contributed by atoms with E-state index in [1.54, 1.807) is 18.2 Å². The highest BCUT2D eigenvalue weighted by atomic mass is 16.5. The van der Waals surface area contributed by atoms with Gasteiger partial charge in [-0.2, -0.15) is 9.97 Å². The number of benzene rings is 1. The number of rotatable bonds is 6. The minimum Gasteiger partial charge on any atom is -0.481 e. The zero-order valence-corrected chi connectivity index (χ0v) is 15.3. The maximum absolute atomic E-state index is 12.6. The van der Waals surface area contributed by atoms with Gasteiger partial charge in [0.2, 0.25) is 11.8 Å². The highest BCUT2D eigenvalue weighted by Gasteiger charge is 2.25. The van der Waals surface area contributed by atoms with Crippen molar-refractivity contribution in [3.8, 4) is 11.9 Å². The van der Waals surface area contributed by atoms with Gasteiger partial charge < -0.3 is 19.7 Å². The molecule has 1 fully saturated rings. The largest absolute Gasteiger partial charge is 0.481 e. The van der Waals surface area contributed by atoms with Gasteiger partial charge >= 0.3 is 6.01 Å². The standard InChI is InChI=1S/C19H22N4O4/c1-26-17-11-16(21-19(22-17)27-2)20-18(25)14-7-9-23(10-8-14)15-5-3-13(12-24)4-6-15/h3-6,11-12,14H,7-10H2,1-2H3,(H,20,21,22,25). The van der Waals surface area contributed by atoms with Crippen LogP contribution in [0, 0.1) is 5.92 Å². The Bertz CT molecular complexity index is 780. The lowest BCUT2D eigenvalue weighted by Gasteiger charge is -2.33. The Morgan fingerprint density at radius 3 is 2.44 bits per heavy atom. The zero-order chi connectivity index (χ0) is 19.2. The second-order valence-electron chi connectivity index (χ2n) is 6.24. The Morgan fingerprint density at radius 2 is 1.85 bits per heavy atom. The van der Waals surface area contributed by atoms with Crippen LogP contribution in [-0.4, -0.2) is 49.5 Å². The predicted molar refractivity (Wildman–Crippen MR) is 101 cm³/mol. The van der Waals surface area contributed by atoms with Crippen molar-refractivity contribution in [2.24, 2.45) is 5.92 Å². The molecular weight excluding hydrogens is 348 g/mol. The fraction of sp³-hybridized carbons (Fsp3) is 0.368. The number of aromatic nitrogens is 2. The fourth-order valence-corrected chi connectivity index (χ4v) is 3.06. The van der Waals surface area contributed by atoms with Crippen LogP contribution >= 0.6 is 0 Å². The van der Waals surface area contributed by atoms with Crippen LogP contribution in [0.2, 0.25) is 0 Å². The van der Waals surface area contributed by atoms with Crippen LogP contribution in [0.4, 0.5) is 11.5 Å². The minimum atomic E-state index is -0.0950. The molecule has 0 spiro atoms. The van der Waals surface area contributed by atoms with E-state index in [0.29, 0.717) is 17.3 Å². The topological polar surface area (TPSA) is 93.7 Å². The first kappa shape index (κ1) is 18.6. The Hall–Kier alpha value is -3.16. The number of aldehydes is 1. The van der Waals surface area contributed by atoms with Crippen molar-refractivity contribution in [2.75, 3.05) is 37.5 Å². The molecule has 0 bridgehead atoms. The van der Waals surface area contributed by atoms with Crippen LogP contribution in [0.1, 0.15) is 23.2 Å². The minimum absolute atomic E-state index is 0.0752. The summed E-state index contributed by atoms with van der Waals surface area (Å²) in [5, 5.41) is 2.82. The van der Waals surface area contributed by atoms with Gasteiger partial charge in [0.05, 0.1) is 14.2 Å². The van der Waals surface area contributed by atoms with Crippen molar-refractivity contribution in [1.29, 1.82) is 0 Å². The fourth-order valence-electron chi connectivity index (χ4n) is 3.06. The van der Waals surface area contributed by atoms with Crippen LogP contribution < -0.4 is 19.7 Å². The molecule has 0 radical (unpaired) electrons. The molecule has 1 N–H and O–H groups in total. The van der Waals surface area contributed by atoms with E-state index in [9.17, 15) is 9.59 Å². The van der Waals surface area contributed by atoms with Crippen LogP contribution in [0.3, 0.4) is 0 Å². The Kier molecular flexibility index (Phi) is 5.85. The van der Waals surface area contributed by atoms with Gasteiger partial charge in [0.15, 0.2) is 0 Å². The monoisotopic (exact) mass is 370 g/mol. The van der Waals surface area contributed by atoms with Crippen molar-refractivity contribution in [3.05, 3.63) is 35.9 Å². The van der Waals surface area contributed by atoms with Crippen molar-refractivity contribution < 1.29 is 19.1 Å². The Morgan fingerprint density at radius 1 is 1.15 bits per heavy atom. The van der Waals surface area contributed by atoms with Gasteiger partial charge in [0.25, 0.3) is 0 Å². The third-order valence-electron chi connectivity index (χ3n) is 4.59. The number of nitrogens with zero attached hydrogens (tertiary/aromatic N) is 3. The number of piperidine rings is 1. The number of ether oxygens (including phenoxy) is 2. The molecule has 1 aliphatic rings. The lowest BCUT2D eigenvalue weighted by atomic mass is 9.95.